The van der Waals surface area contributed by atoms with Crippen LogP contribution in [0.5, 0.6) is 0 Å². The Hall–Kier alpha value is -3.33. The highest BCUT2D eigenvalue weighted by atomic mass is 32.1. The zero-order valence-electron chi connectivity index (χ0n) is 17.6. The first-order valence-corrected chi connectivity index (χ1v) is 11.2. The number of anilines is 1. The third-order valence-electron chi connectivity index (χ3n) is 5.51. The number of allylic oxidation sites excluding steroid dienone is 2. The highest BCUT2D eigenvalue weighted by molar-refractivity contribution is 7.09. The Bertz CT molecular complexity index is 1050. The number of esters is 1. The first-order valence-electron chi connectivity index (χ1n) is 10.4. The summed E-state index contributed by atoms with van der Waals surface area (Å²) in [6.07, 6.45) is 4.96. The molecule has 1 fully saturated rings. The standard InChI is InChI=1S/C23H23N3O5S/c1-14-6-8-15(9-7-14)24-19(27)10-20-25-16(13-32-20)12-31-21(28)11-26-22(29)17-4-2-3-5-18(17)23(26)30/h2-3,6-9,13,17-18H,4-5,10-12H2,1H3,(H,24,27). The Morgan fingerprint density at radius 1 is 1.12 bits per heavy atom. The summed E-state index contributed by atoms with van der Waals surface area (Å²) in [6.45, 7) is 1.50. The van der Waals surface area contributed by atoms with Crippen LogP contribution in [0.1, 0.15) is 29.1 Å². The van der Waals surface area contributed by atoms with E-state index in [-0.39, 0.29) is 49.1 Å². The molecule has 4 rings (SSSR count). The van der Waals surface area contributed by atoms with Crippen molar-refractivity contribution in [3.05, 3.63) is 58.1 Å². The SMILES string of the molecule is Cc1ccc(NC(=O)Cc2nc(COC(=O)CN3C(=O)C4CC=CCC4C3=O)cs2)cc1. The number of benzene rings is 1. The molecule has 1 aliphatic heterocycles. The summed E-state index contributed by atoms with van der Waals surface area (Å²) < 4.78 is 5.21. The maximum atomic E-state index is 12.4. The maximum absolute atomic E-state index is 12.4. The van der Waals surface area contributed by atoms with Crippen LogP contribution in [0.2, 0.25) is 0 Å². The fourth-order valence-corrected chi connectivity index (χ4v) is 4.61. The van der Waals surface area contributed by atoms with Crippen molar-refractivity contribution < 1.29 is 23.9 Å². The molecule has 9 heteroatoms. The van der Waals surface area contributed by atoms with Gasteiger partial charge >= 0.3 is 5.97 Å². The molecule has 1 saturated heterocycles. The summed E-state index contributed by atoms with van der Waals surface area (Å²) in [5.74, 6) is -2.20. The molecule has 8 nitrogen and oxygen atoms in total. The van der Waals surface area contributed by atoms with Crippen LogP contribution in [0.4, 0.5) is 5.69 Å². The van der Waals surface area contributed by atoms with Crippen LogP contribution in [0, 0.1) is 18.8 Å². The summed E-state index contributed by atoms with van der Waals surface area (Å²) >= 11 is 1.30. The molecule has 2 aromatic rings. The van der Waals surface area contributed by atoms with Crippen LogP contribution < -0.4 is 5.32 Å². The number of fused-ring (bicyclic) bond motifs is 1. The Balaban J connectivity index is 1.24. The van der Waals surface area contributed by atoms with Gasteiger partial charge in [0.05, 0.1) is 24.0 Å². The van der Waals surface area contributed by atoms with Crippen molar-refractivity contribution in [3.63, 3.8) is 0 Å². The largest absolute Gasteiger partial charge is 0.458 e. The number of nitrogens with one attached hydrogen (secondary N) is 1. The normalized spacial score (nSPS) is 19.7. The number of ether oxygens (including phenoxy) is 1. The summed E-state index contributed by atoms with van der Waals surface area (Å²) in [7, 11) is 0. The van der Waals surface area contributed by atoms with Gasteiger partial charge in [0.25, 0.3) is 0 Å². The molecule has 0 bridgehead atoms. The van der Waals surface area contributed by atoms with Crippen LogP contribution in [-0.2, 0) is 36.9 Å². The van der Waals surface area contributed by atoms with Gasteiger partial charge in [0, 0.05) is 11.1 Å². The first kappa shape index (κ1) is 21.9. The molecule has 32 heavy (non-hydrogen) atoms. The van der Waals surface area contributed by atoms with Crippen LogP contribution >= 0.6 is 11.3 Å². The minimum atomic E-state index is -0.662. The average Bonchev–Trinajstić information content (AvgIpc) is 3.32. The van der Waals surface area contributed by atoms with E-state index < -0.39 is 5.97 Å². The number of carbonyl (C=O) groups excluding carboxylic acids is 4. The van der Waals surface area contributed by atoms with Gasteiger partial charge in [0.15, 0.2) is 0 Å². The van der Waals surface area contributed by atoms with Crippen molar-refractivity contribution >= 4 is 40.7 Å². The number of likely N-dealkylation sites (tertiary alicyclic amines) is 1. The van der Waals surface area contributed by atoms with E-state index in [1.807, 2.05) is 43.3 Å². The highest BCUT2D eigenvalue weighted by Crippen LogP contribution is 2.34. The quantitative estimate of drug-likeness (QED) is 0.393. The zero-order chi connectivity index (χ0) is 22.7. The van der Waals surface area contributed by atoms with E-state index in [0.717, 1.165) is 10.5 Å². The van der Waals surface area contributed by atoms with Crippen molar-refractivity contribution in [2.24, 2.45) is 11.8 Å². The van der Waals surface area contributed by atoms with Gasteiger partial charge in [0.1, 0.15) is 18.2 Å². The average molecular weight is 454 g/mol. The van der Waals surface area contributed by atoms with Crippen LogP contribution in [0.15, 0.2) is 41.8 Å². The number of thiazole rings is 1. The third-order valence-corrected chi connectivity index (χ3v) is 6.41. The van der Waals surface area contributed by atoms with E-state index in [1.54, 1.807) is 5.38 Å². The van der Waals surface area contributed by atoms with Crippen LogP contribution in [0.25, 0.3) is 0 Å². The minimum absolute atomic E-state index is 0.0838. The lowest BCUT2D eigenvalue weighted by Gasteiger charge is -2.14. The molecule has 2 atom stereocenters. The molecular formula is C23H23N3O5S. The number of hydrogen-bond acceptors (Lipinski definition) is 7. The Labute approximate surface area is 189 Å². The van der Waals surface area contributed by atoms with Gasteiger partial charge in [-0.3, -0.25) is 24.1 Å². The van der Waals surface area contributed by atoms with Crippen LogP contribution in [-0.4, -0.2) is 40.1 Å². The molecule has 1 aromatic carbocycles. The lowest BCUT2D eigenvalue weighted by molar-refractivity contribution is -0.153. The van der Waals surface area contributed by atoms with Gasteiger partial charge in [-0.05, 0) is 31.9 Å². The number of amides is 3. The monoisotopic (exact) mass is 453 g/mol. The lowest BCUT2D eigenvalue weighted by Crippen LogP contribution is -2.36. The number of imide groups is 1. The predicted octanol–water partition coefficient (Wildman–Crippen LogP) is 2.63. The number of aromatic nitrogens is 1. The molecule has 1 N–H and O–H groups in total. The van der Waals surface area contributed by atoms with Gasteiger partial charge in [-0.15, -0.1) is 11.3 Å². The molecule has 2 aliphatic rings. The Morgan fingerprint density at radius 3 is 2.44 bits per heavy atom. The molecule has 0 spiro atoms. The number of nitrogens with zero attached hydrogens (tertiary/aromatic N) is 2. The summed E-state index contributed by atoms with van der Waals surface area (Å²) in [5, 5.41) is 5.13. The van der Waals surface area contributed by atoms with Crippen molar-refractivity contribution in [3.8, 4) is 0 Å². The number of aryl methyl sites for hydroxylation is 1. The Kier molecular flexibility index (Phi) is 6.45. The molecule has 3 amide bonds. The molecular weight excluding hydrogens is 430 g/mol. The molecule has 0 saturated carbocycles. The predicted molar refractivity (Wildman–Crippen MR) is 117 cm³/mol. The number of hydrogen-bond donors (Lipinski definition) is 1. The van der Waals surface area contributed by atoms with E-state index in [9.17, 15) is 19.2 Å². The topological polar surface area (TPSA) is 106 Å². The van der Waals surface area contributed by atoms with Gasteiger partial charge in [0.2, 0.25) is 17.7 Å². The van der Waals surface area contributed by atoms with Crippen molar-refractivity contribution in [2.75, 3.05) is 11.9 Å². The number of carbonyl (C=O) groups is 4. The second kappa shape index (κ2) is 9.44. The zero-order valence-corrected chi connectivity index (χ0v) is 18.4. The van der Waals surface area contributed by atoms with Gasteiger partial charge < -0.3 is 10.1 Å². The third kappa shape index (κ3) is 4.94. The first-order chi connectivity index (χ1) is 15.4. The van der Waals surface area contributed by atoms with E-state index in [1.165, 1.54) is 11.3 Å². The van der Waals surface area contributed by atoms with Crippen molar-refractivity contribution in [2.45, 2.75) is 32.8 Å². The summed E-state index contributed by atoms with van der Waals surface area (Å²) in [4.78, 5) is 54.6. The van der Waals surface area contributed by atoms with Crippen molar-refractivity contribution in [1.29, 1.82) is 0 Å². The fraction of sp³-hybridized carbons (Fsp3) is 0.348. The molecule has 2 unspecified atom stereocenters. The van der Waals surface area contributed by atoms with E-state index in [2.05, 4.69) is 10.3 Å². The molecule has 1 aliphatic carbocycles. The Morgan fingerprint density at radius 2 is 1.78 bits per heavy atom. The van der Waals surface area contributed by atoms with E-state index in [0.29, 0.717) is 29.2 Å². The van der Waals surface area contributed by atoms with Gasteiger partial charge in [-0.2, -0.15) is 0 Å². The van der Waals surface area contributed by atoms with Crippen molar-refractivity contribution in [1.82, 2.24) is 9.88 Å². The van der Waals surface area contributed by atoms with E-state index in [4.69, 9.17) is 4.74 Å². The lowest BCUT2D eigenvalue weighted by atomic mass is 9.85. The summed E-state index contributed by atoms with van der Waals surface area (Å²) in [5.41, 5.74) is 2.34. The van der Waals surface area contributed by atoms with Gasteiger partial charge in [-0.25, -0.2) is 4.98 Å². The molecule has 1 aromatic heterocycles. The highest BCUT2D eigenvalue weighted by Gasteiger charge is 2.47. The van der Waals surface area contributed by atoms with Gasteiger partial charge in [-0.1, -0.05) is 29.8 Å². The second-order valence-electron chi connectivity index (χ2n) is 7.90. The second-order valence-corrected chi connectivity index (χ2v) is 8.85. The molecule has 166 valence electrons. The maximum Gasteiger partial charge on any atom is 0.326 e. The van der Waals surface area contributed by atoms with E-state index >= 15 is 0 Å². The smallest absolute Gasteiger partial charge is 0.326 e. The molecule has 2 heterocycles. The minimum Gasteiger partial charge on any atom is -0.458 e. The molecule has 0 radical (unpaired) electrons. The summed E-state index contributed by atoms with van der Waals surface area (Å²) in [6, 6.07) is 7.50. The van der Waals surface area contributed by atoms with Crippen LogP contribution in [0.3, 0.4) is 0 Å². The fourth-order valence-electron chi connectivity index (χ4n) is 3.83. The number of rotatable bonds is 7.